The first-order valence-corrected chi connectivity index (χ1v) is 7.18. The number of piperazine rings is 1. The Morgan fingerprint density at radius 1 is 1.05 bits per heavy atom. The van der Waals surface area contributed by atoms with Crippen molar-refractivity contribution < 1.29 is 0 Å². The fourth-order valence-electron chi connectivity index (χ4n) is 3.01. The van der Waals surface area contributed by atoms with Crippen molar-refractivity contribution >= 4 is 17.6 Å². The Balaban J connectivity index is 1.73. The van der Waals surface area contributed by atoms with Gasteiger partial charge in [-0.05, 0) is 17.7 Å². The van der Waals surface area contributed by atoms with E-state index in [1.807, 2.05) is 12.3 Å². The van der Waals surface area contributed by atoms with E-state index in [4.69, 9.17) is 0 Å². The highest BCUT2D eigenvalue weighted by atomic mass is 15.2. The van der Waals surface area contributed by atoms with E-state index in [1.165, 1.54) is 16.9 Å². The molecular formula is C16H18N4. The predicted octanol–water partition coefficient (Wildman–Crippen LogP) is 2.01. The lowest BCUT2D eigenvalue weighted by atomic mass is 10.2. The number of hydrogen-bond donors (Lipinski definition) is 1. The van der Waals surface area contributed by atoms with Crippen LogP contribution in [-0.2, 0) is 6.54 Å². The van der Waals surface area contributed by atoms with Crippen LogP contribution in [0.2, 0.25) is 0 Å². The molecule has 2 aliphatic rings. The highest BCUT2D eigenvalue weighted by molar-refractivity contribution is 5.89. The second-order valence-electron chi connectivity index (χ2n) is 5.34. The molecule has 3 heterocycles. The molecule has 4 nitrogen and oxygen atoms in total. The molecule has 1 N–H and O–H groups in total. The fraction of sp³-hybridized carbons (Fsp3) is 0.312. The Bertz CT molecular complexity index is 650. The third-order valence-corrected chi connectivity index (χ3v) is 4.10. The van der Waals surface area contributed by atoms with Gasteiger partial charge in [0.25, 0.3) is 0 Å². The Hall–Kier alpha value is -2.07. The van der Waals surface area contributed by atoms with Gasteiger partial charge in [0.15, 0.2) is 0 Å². The Morgan fingerprint density at radius 3 is 2.80 bits per heavy atom. The van der Waals surface area contributed by atoms with Gasteiger partial charge >= 0.3 is 0 Å². The Kier molecular flexibility index (Phi) is 2.81. The van der Waals surface area contributed by atoms with Gasteiger partial charge in [-0.25, -0.2) is 0 Å². The lowest BCUT2D eigenvalue weighted by molar-refractivity contribution is 0.588. The quantitative estimate of drug-likeness (QED) is 0.731. The van der Waals surface area contributed by atoms with E-state index in [0.717, 1.165) is 38.4 Å². The number of nitrogens with zero attached hydrogens (tertiary/aromatic N) is 3. The van der Waals surface area contributed by atoms with Crippen LogP contribution in [0.15, 0.2) is 41.5 Å². The second-order valence-corrected chi connectivity index (χ2v) is 5.34. The molecule has 2 aliphatic heterocycles. The number of rotatable bonds is 1. The first-order chi connectivity index (χ1) is 9.92. The average molecular weight is 266 g/mol. The highest BCUT2D eigenvalue weighted by Gasteiger charge is 2.18. The Labute approximate surface area is 118 Å². The number of hydrogen-bond acceptors (Lipinski definition) is 3. The topological polar surface area (TPSA) is 32.6 Å². The van der Waals surface area contributed by atoms with Crippen molar-refractivity contribution in [3.63, 3.8) is 0 Å². The van der Waals surface area contributed by atoms with Gasteiger partial charge in [-0.2, -0.15) is 0 Å². The zero-order chi connectivity index (χ0) is 13.4. The minimum absolute atomic E-state index is 0.900. The molecule has 4 rings (SSSR count). The maximum atomic E-state index is 4.67. The minimum Gasteiger partial charge on any atom is -0.367 e. The van der Waals surface area contributed by atoms with Gasteiger partial charge in [0.1, 0.15) is 0 Å². The van der Waals surface area contributed by atoms with Crippen LogP contribution in [0.5, 0.6) is 0 Å². The van der Waals surface area contributed by atoms with Gasteiger partial charge < -0.3 is 14.8 Å². The molecule has 1 saturated heterocycles. The van der Waals surface area contributed by atoms with Crippen molar-refractivity contribution in [1.29, 1.82) is 0 Å². The van der Waals surface area contributed by atoms with Crippen LogP contribution in [0.3, 0.4) is 0 Å². The van der Waals surface area contributed by atoms with Crippen LogP contribution in [0.25, 0.3) is 0 Å². The maximum Gasteiger partial charge on any atom is 0.0833 e. The van der Waals surface area contributed by atoms with Crippen LogP contribution in [-0.4, -0.2) is 37.0 Å². The van der Waals surface area contributed by atoms with E-state index < -0.39 is 0 Å². The van der Waals surface area contributed by atoms with Gasteiger partial charge in [0.2, 0.25) is 0 Å². The summed E-state index contributed by atoms with van der Waals surface area (Å²) in [6.07, 6.45) is 4.20. The van der Waals surface area contributed by atoms with E-state index in [0.29, 0.717) is 0 Å². The van der Waals surface area contributed by atoms with Crippen molar-refractivity contribution in [1.82, 2.24) is 9.88 Å². The third kappa shape index (κ3) is 1.93. The molecule has 20 heavy (non-hydrogen) atoms. The minimum atomic E-state index is 0.900. The van der Waals surface area contributed by atoms with Gasteiger partial charge in [-0.3, -0.25) is 4.99 Å². The van der Waals surface area contributed by atoms with Crippen molar-refractivity contribution in [3.8, 4) is 0 Å². The zero-order valence-corrected chi connectivity index (χ0v) is 11.4. The van der Waals surface area contributed by atoms with Crippen LogP contribution in [0.1, 0.15) is 11.3 Å². The molecule has 0 saturated carbocycles. The van der Waals surface area contributed by atoms with E-state index in [-0.39, 0.29) is 0 Å². The summed E-state index contributed by atoms with van der Waals surface area (Å²) in [7, 11) is 0. The molecule has 0 radical (unpaired) electrons. The number of fused-ring (bicyclic) bond motifs is 2. The van der Waals surface area contributed by atoms with Crippen LogP contribution in [0.4, 0.5) is 11.4 Å². The van der Waals surface area contributed by atoms with Crippen molar-refractivity contribution in [3.05, 3.63) is 47.8 Å². The molecule has 0 bridgehead atoms. The van der Waals surface area contributed by atoms with Gasteiger partial charge in [-0.1, -0.05) is 18.2 Å². The molecule has 1 aromatic carbocycles. The molecule has 0 atom stereocenters. The van der Waals surface area contributed by atoms with Crippen LogP contribution < -0.4 is 10.2 Å². The lowest BCUT2D eigenvalue weighted by Gasteiger charge is -2.29. The van der Waals surface area contributed by atoms with Gasteiger partial charge in [0.05, 0.1) is 23.3 Å². The van der Waals surface area contributed by atoms with Crippen LogP contribution in [0, 0.1) is 0 Å². The normalized spacial score (nSPS) is 17.5. The summed E-state index contributed by atoms with van der Waals surface area (Å²) in [5.74, 6) is 0. The summed E-state index contributed by atoms with van der Waals surface area (Å²) >= 11 is 0. The number of nitrogens with one attached hydrogen (secondary N) is 1. The summed E-state index contributed by atoms with van der Waals surface area (Å²) in [6.45, 7) is 5.15. The summed E-state index contributed by atoms with van der Waals surface area (Å²) in [5, 5.41) is 3.40. The number of benzene rings is 1. The van der Waals surface area contributed by atoms with Crippen LogP contribution >= 0.6 is 0 Å². The molecule has 2 aromatic rings. The molecule has 0 spiro atoms. The second kappa shape index (κ2) is 4.80. The molecular weight excluding hydrogens is 248 g/mol. The number of anilines is 1. The largest absolute Gasteiger partial charge is 0.367 e. The summed E-state index contributed by atoms with van der Waals surface area (Å²) in [4.78, 5) is 7.12. The van der Waals surface area contributed by atoms with Crippen molar-refractivity contribution in [2.75, 3.05) is 31.1 Å². The average Bonchev–Trinajstić information content (AvgIpc) is 2.81. The SMILES string of the molecule is C1=Nc2ccccc2Cn2ccc(N3CCNCC3)c21. The number of aromatic nitrogens is 1. The van der Waals surface area contributed by atoms with E-state index in [1.54, 1.807) is 0 Å². The molecule has 0 amide bonds. The number of aliphatic imine (C=N–C) groups is 1. The maximum absolute atomic E-state index is 4.67. The molecule has 0 aliphatic carbocycles. The zero-order valence-electron chi connectivity index (χ0n) is 11.4. The molecule has 102 valence electrons. The van der Waals surface area contributed by atoms with Gasteiger partial charge in [0, 0.05) is 38.9 Å². The molecule has 0 unspecified atom stereocenters. The van der Waals surface area contributed by atoms with E-state index in [2.05, 4.69) is 50.2 Å². The monoisotopic (exact) mass is 266 g/mol. The molecule has 1 aromatic heterocycles. The lowest BCUT2D eigenvalue weighted by Crippen LogP contribution is -2.43. The van der Waals surface area contributed by atoms with Gasteiger partial charge in [-0.15, -0.1) is 0 Å². The van der Waals surface area contributed by atoms with Crippen molar-refractivity contribution in [2.24, 2.45) is 4.99 Å². The van der Waals surface area contributed by atoms with E-state index in [9.17, 15) is 0 Å². The summed E-state index contributed by atoms with van der Waals surface area (Å²) in [6, 6.07) is 10.6. The fourth-order valence-corrected chi connectivity index (χ4v) is 3.01. The summed E-state index contributed by atoms with van der Waals surface area (Å²) < 4.78 is 2.30. The summed E-state index contributed by atoms with van der Waals surface area (Å²) in [5.41, 5.74) is 4.90. The first-order valence-electron chi connectivity index (χ1n) is 7.18. The number of para-hydroxylation sites is 1. The predicted molar refractivity (Wildman–Crippen MR) is 82.3 cm³/mol. The van der Waals surface area contributed by atoms with Crippen molar-refractivity contribution in [2.45, 2.75) is 6.54 Å². The Morgan fingerprint density at radius 2 is 1.90 bits per heavy atom. The standard InChI is InChI=1S/C16H18N4/c1-2-4-14-13(3-1)12-20-8-5-15(16(20)11-18-14)19-9-6-17-7-10-19/h1-5,8,11,17H,6-7,9-10,12H2. The molecule has 1 fully saturated rings. The smallest absolute Gasteiger partial charge is 0.0833 e. The molecule has 4 heteroatoms. The third-order valence-electron chi connectivity index (χ3n) is 4.10. The first kappa shape index (κ1) is 11.7. The highest BCUT2D eigenvalue weighted by Crippen LogP contribution is 2.28. The van der Waals surface area contributed by atoms with E-state index >= 15 is 0 Å².